The summed E-state index contributed by atoms with van der Waals surface area (Å²) in [6.45, 7) is 3.70. The molecule has 0 aliphatic heterocycles. The number of carboxylic acid groups (broad SMARTS) is 1. The normalized spacial score (nSPS) is 9.47. The van der Waals surface area contributed by atoms with Crippen molar-refractivity contribution in [2.75, 3.05) is 5.32 Å². The molecule has 0 aliphatic rings. The molecule has 0 aliphatic carbocycles. The van der Waals surface area contributed by atoms with E-state index in [1.807, 2.05) is 26.0 Å². The van der Waals surface area contributed by atoms with Gasteiger partial charge >= 0.3 is 11.9 Å². The second-order valence-electron chi connectivity index (χ2n) is 3.57. The first-order chi connectivity index (χ1) is 7.99. The molecule has 1 rings (SSSR count). The number of carbonyl (C=O) groups is 2. The summed E-state index contributed by atoms with van der Waals surface area (Å²) in [5, 5.41) is 19.7. The van der Waals surface area contributed by atoms with E-state index in [0.717, 1.165) is 11.1 Å². The SMILES string of the molecule is CCc1cc(C)cc(C#N)c1NC(=O)C(=O)O. The van der Waals surface area contributed by atoms with Crippen LogP contribution in [0.1, 0.15) is 23.6 Å². The Morgan fingerprint density at radius 1 is 1.47 bits per heavy atom. The Morgan fingerprint density at radius 2 is 2.12 bits per heavy atom. The van der Waals surface area contributed by atoms with E-state index in [1.165, 1.54) is 0 Å². The highest BCUT2D eigenvalue weighted by atomic mass is 16.4. The van der Waals surface area contributed by atoms with Gasteiger partial charge in [0.2, 0.25) is 0 Å². The summed E-state index contributed by atoms with van der Waals surface area (Å²) < 4.78 is 0. The first-order valence-electron chi connectivity index (χ1n) is 5.07. The zero-order chi connectivity index (χ0) is 13.0. The van der Waals surface area contributed by atoms with E-state index in [-0.39, 0.29) is 11.3 Å². The van der Waals surface area contributed by atoms with Gasteiger partial charge in [-0.2, -0.15) is 5.26 Å². The van der Waals surface area contributed by atoms with Gasteiger partial charge in [-0.1, -0.05) is 13.0 Å². The first kappa shape index (κ1) is 12.7. The Bertz CT molecular complexity index is 515. The number of aliphatic carboxylic acids is 1. The van der Waals surface area contributed by atoms with E-state index < -0.39 is 11.9 Å². The number of rotatable bonds is 2. The summed E-state index contributed by atoms with van der Waals surface area (Å²) in [6, 6.07) is 5.37. The molecule has 1 aromatic rings. The largest absolute Gasteiger partial charge is 0.474 e. The molecule has 17 heavy (non-hydrogen) atoms. The average Bonchev–Trinajstić information content (AvgIpc) is 2.30. The lowest BCUT2D eigenvalue weighted by Crippen LogP contribution is -2.23. The smallest absolute Gasteiger partial charge is 0.394 e. The number of anilines is 1. The van der Waals surface area contributed by atoms with Gasteiger partial charge in [0, 0.05) is 0 Å². The molecule has 1 aromatic carbocycles. The van der Waals surface area contributed by atoms with Crippen LogP contribution in [-0.2, 0) is 16.0 Å². The van der Waals surface area contributed by atoms with Crippen LogP contribution in [0.2, 0.25) is 0 Å². The lowest BCUT2D eigenvalue weighted by Gasteiger charge is -2.11. The molecule has 0 saturated carbocycles. The number of carbonyl (C=O) groups excluding carboxylic acids is 1. The molecule has 0 fully saturated rings. The third-order valence-corrected chi connectivity index (χ3v) is 2.30. The first-order valence-corrected chi connectivity index (χ1v) is 5.07. The van der Waals surface area contributed by atoms with Crippen molar-refractivity contribution in [1.82, 2.24) is 0 Å². The van der Waals surface area contributed by atoms with Gasteiger partial charge < -0.3 is 10.4 Å². The number of carboxylic acids is 1. The number of nitrogens with one attached hydrogen (secondary N) is 1. The molecule has 5 heteroatoms. The summed E-state index contributed by atoms with van der Waals surface area (Å²) in [4.78, 5) is 21.6. The van der Waals surface area contributed by atoms with Crippen molar-refractivity contribution >= 4 is 17.6 Å². The fraction of sp³-hybridized carbons (Fsp3) is 0.250. The Balaban J connectivity index is 3.26. The maximum absolute atomic E-state index is 11.1. The fourth-order valence-corrected chi connectivity index (χ4v) is 1.54. The van der Waals surface area contributed by atoms with E-state index in [2.05, 4.69) is 5.32 Å². The van der Waals surface area contributed by atoms with E-state index in [9.17, 15) is 9.59 Å². The predicted molar refractivity (Wildman–Crippen MR) is 61.5 cm³/mol. The zero-order valence-electron chi connectivity index (χ0n) is 9.57. The minimum atomic E-state index is -1.57. The molecule has 0 radical (unpaired) electrons. The van der Waals surface area contributed by atoms with Crippen molar-refractivity contribution in [2.45, 2.75) is 20.3 Å². The fourth-order valence-electron chi connectivity index (χ4n) is 1.54. The average molecular weight is 232 g/mol. The van der Waals surface area contributed by atoms with Gasteiger partial charge in [-0.05, 0) is 30.5 Å². The van der Waals surface area contributed by atoms with Crippen LogP contribution in [0.15, 0.2) is 12.1 Å². The number of hydrogen-bond acceptors (Lipinski definition) is 3. The van der Waals surface area contributed by atoms with E-state index in [1.54, 1.807) is 6.07 Å². The van der Waals surface area contributed by atoms with Crippen molar-refractivity contribution in [1.29, 1.82) is 5.26 Å². The third kappa shape index (κ3) is 2.82. The van der Waals surface area contributed by atoms with Crippen LogP contribution in [-0.4, -0.2) is 17.0 Å². The maximum Gasteiger partial charge on any atom is 0.394 e. The summed E-state index contributed by atoms with van der Waals surface area (Å²) >= 11 is 0. The molecule has 2 N–H and O–H groups in total. The van der Waals surface area contributed by atoms with Crippen molar-refractivity contribution in [2.24, 2.45) is 0 Å². The lowest BCUT2D eigenvalue weighted by molar-refractivity contribution is -0.147. The highest BCUT2D eigenvalue weighted by Crippen LogP contribution is 2.23. The van der Waals surface area contributed by atoms with Crippen LogP contribution in [0.5, 0.6) is 0 Å². The monoisotopic (exact) mass is 232 g/mol. The third-order valence-electron chi connectivity index (χ3n) is 2.30. The summed E-state index contributed by atoms with van der Waals surface area (Å²) in [5.41, 5.74) is 2.20. The Kier molecular flexibility index (Phi) is 3.83. The quantitative estimate of drug-likeness (QED) is 0.755. The summed E-state index contributed by atoms with van der Waals surface area (Å²) in [6.07, 6.45) is 0.603. The Hall–Kier alpha value is -2.35. The topological polar surface area (TPSA) is 90.2 Å². The minimum absolute atomic E-state index is 0.274. The van der Waals surface area contributed by atoms with Crippen LogP contribution >= 0.6 is 0 Å². The summed E-state index contributed by atoms with van der Waals surface area (Å²) in [5.74, 6) is -2.71. The van der Waals surface area contributed by atoms with E-state index in [4.69, 9.17) is 10.4 Å². The van der Waals surface area contributed by atoms with Crippen LogP contribution in [0.3, 0.4) is 0 Å². The number of nitriles is 1. The van der Waals surface area contributed by atoms with Gasteiger partial charge in [-0.25, -0.2) is 4.79 Å². The Morgan fingerprint density at radius 3 is 2.59 bits per heavy atom. The zero-order valence-corrected chi connectivity index (χ0v) is 9.57. The molecular weight excluding hydrogens is 220 g/mol. The van der Waals surface area contributed by atoms with Crippen molar-refractivity contribution in [3.63, 3.8) is 0 Å². The molecule has 0 saturated heterocycles. The molecule has 88 valence electrons. The van der Waals surface area contributed by atoms with E-state index >= 15 is 0 Å². The minimum Gasteiger partial charge on any atom is -0.474 e. The highest BCUT2D eigenvalue weighted by molar-refractivity contribution is 6.36. The molecule has 5 nitrogen and oxygen atoms in total. The van der Waals surface area contributed by atoms with Crippen molar-refractivity contribution in [3.8, 4) is 6.07 Å². The molecule has 0 unspecified atom stereocenters. The molecule has 1 amide bonds. The molecule has 0 bridgehead atoms. The van der Waals surface area contributed by atoms with Gasteiger partial charge in [-0.15, -0.1) is 0 Å². The van der Waals surface area contributed by atoms with Crippen LogP contribution in [0.25, 0.3) is 0 Å². The van der Waals surface area contributed by atoms with Crippen molar-refractivity contribution in [3.05, 3.63) is 28.8 Å². The highest BCUT2D eigenvalue weighted by Gasteiger charge is 2.16. The van der Waals surface area contributed by atoms with Gasteiger partial charge in [-0.3, -0.25) is 4.79 Å². The number of hydrogen-bond donors (Lipinski definition) is 2. The lowest BCUT2D eigenvalue weighted by atomic mass is 10.0. The van der Waals surface area contributed by atoms with Gasteiger partial charge in [0.15, 0.2) is 0 Å². The second kappa shape index (κ2) is 5.12. The number of nitrogens with zero attached hydrogens (tertiary/aromatic N) is 1. The van der Waals surface area contributed by atoms with Gasteiger partial charge in [0.1, 0.15) is 6.07 Å². The molecule has 0 atom stereocenters. The van der Waals surface area contributed by atoms with Crippen LogP contribution in [0, 0.1) is 18.3 Å². The number of benzene rings is 1. The predicted octanol–water partition coefficient (Wildman–Crippen LogP) is 1.45. The van der Waals surface area contributed by atoms with Crippen LogP contribution in [0.4, 0.5) is 5.69 Å². The molecule has 0 heterocycles. The maximum atomic E-state index is 11.1. The van der Waals surface area contributed by atoms with Crippen LogP contribution < -0.4 is 5.32 Å². The Labute approximate surface area is 98.7 Å². The van der Waals surface area contributed by atoms with E-state index in [0.29, 0.717) is 6.42 Å². The second-order valence-corrected chi connectivity index (χ2v) is 3.57. The molecule has 0 aromatic heterocycles. The summed E-state index contributed by atoms with van der Waals surface area (Å²) in [7, 11) is 0. The molecule has 0 spiro atoms. The molecular formula is C12H12N2O3. The van der Waals surface area contributed by atoms with Gasteiger partial charge in [0.05, 0.1) is 11.3 Å². The number of aryl methyl sites for hydroxylation is 2. The standard InChI is InChI=1S/C12H12N2O3/c1-3-8-4-7(2)5-9(6-13)10(8)14-11(15)12(16)17/h4-5H,3H2,1-2H3,(H,14,15)(H,16,17). The number of amides is 1. The van der Waals surface area contributed by atoms with Crippen molar-refractivity contribution < 1.29 is 14.7 Å². The van der Waals surface area contributed by atoms with Gasteiger partial charge in [0.25, 0.3) is 0 Å².